The molecule has 5 nitrogen and oxygen atoms in total. The van der Waals surface area contributed by atoms with Gasteiger partial charge in [-0.15, -0.1) is 0 Å². The predicted octanol–water partition coefficient (Wildman–Crippen LogP) is 0.307. The standard InChI is InChI=1S/C12H16FN3O2/c13-8-1-2-11(10(5-8)12(14)15)16-3-4-18-7-9(16)6-17/h1-2,5,9,17H,3-4,6-7H2,(H3,14,15). The van der Waals surface area contributed by atoms with Crippen molar-refractivity contribution in [2.24, 2.45) is 5.73 Å². The molecule has 0 saturated carbocycles. The van der Waals surface area contributed by atoms with Gasteiger partial charge < -0.3 is 20.5 Å². The fourth-order valence-corrected chi connectivity index (χ4v) is 2.10. The number of ether oxygens (including phenoxy) is 1. The molecule has 1 aromatic rings. The number of halogens is 1. The molecule has 4 N–H and O–H groups in total. The highest BCUT2D eigenvalue weighted by Crippen LogP contribution is 2.25. The highest BCUT2D eigenvalue weighted by molar-refractivity contribution is 6.00. The quantitative estimate of drug-likeness (QED) is 0.535. The molecule has 1 aliphatic rings. The molecule has 0 bridgehead atoms. The van der Waals surface area contributed by atoms with E-state index in [9.17, 15) is 9.50 Å². The Morgan fingerprint density at radius 3 is 3.06 bits per heavy atom. The second-order valence-corrected chi connectivity index (χ2v) is 4.18. The first-order valence-corrected chi connectivity index (χ1v) is 5.72. The molecule has 1 fully saturated rings. The van der Waals surface area contributed by atoms with Crippen LogP contribution in [0.15, 0.2) is 18.2 Å². The minimum absolute atomic E-state index is 0.0608. The summed E-state index contributed by atoms with van der Waals surface area (Å²) >= 11 is 0. The summed E-state index contributed by atoms with van der Waals surface area (Å²) in [5, 5.41) is 16.8. The second-order valence-electron chi connectivity index (χ2n) is 4.18. The number of amidine groups is 1. The van der Waals surface area contributed by atoms with Crippen molar-refractivity contribution in [1.82, 2.24) is 0 Å². The molecule has 0 radical (unpaired) electrons. The van der Waals surface area contributed by atoms with E-state index >= 15 is 0 Å². The second kappa shape index (κ2) is 5.32. The summed E-state index contributed by atoms with van der Waals surface area (Å²) < 4.78 is 18.5. The lowest BCUT2D eigenvalue weighted by molar-refractivity contribution is 0.0727. The van der Waals surface area contributed by atoms with Gasteiger partial charge in [0.2, 0.25) is 0 Å². The van der Waals surface area contributed by atoms with E-state index in [0.717, 1.165) is 0 Å². The molecule has 1 atom stereocenters. The molecule has 0 spiro atoms. The number of aliphatic hydroxyl groups is 1. The monoisotopic (exact) mass is 253 g/mol. The van der Waals surface area contributed by atoms with Gasteiger partial charge in [0.05, 0.1) is 25.9 Å². The van der Waals surface area contributed by atoms with E-state index in [2.05, 4.69) is 0 Å². The highest BCUT2D eigenvalue weighted by atomic mass is 19.1. The summed E-state index contributed by atoms with van der Waals surface area (Å²) in [5.74, 6) is -0.620. The predicted molar refractivity (Wildman–Crippen MR) is 66.5 cm³/mol. The van der Waals surface area contributed by atoms with E-state index < -0.39 is 5.82 Å². The zero-order valence-electron chi connectivity index (χ0n) is 9.90. The molecule has 1 heterocycles. The van der Waals surface area contributed by atoms with Crippen LogP contribution in [0.1, 0.15) is 5.56 Å². The van der Waals surface area contributed by atoms with Crippen LogP contribution in [0.2, 0.25) is 0 Å². The van der Waals surface area contributed by atoms with Crippen LogP contribution in [0.4, 0.5) is 10.1 Å². The van der Waals surface area contributed by atoms with E-state index in [1.165, 1.54) is 12.1 Å². The average molecular weight is 253 g/mol. The molecule has 1 aromatic carbocycles. The number of nitrogens with zero attached hydrogens (tertiary/aromatic N) is 1. The van der Waals surface area contributed by atoms with Crippen molar-refractivity contribution in [2.75, 3.05) is 31.3 Å². The highest BCUT2D eigenvalue weighted by Gasteiger charge is 2.25. The lowest BCUT2D eigenvalue weighted by Gasteiger charge is -2.37. The number of anilines is 1. The zero-order chi connectivity index (χ0) is 13.1. The lowest BCUT2D eigenvalue weighted by Crippen LogP contribution is -2.48. The van der Waals surface area contributed by atoms with Crippen LogP contribution < -0.4 is 10.6 Å². The van der Waals surface area contributed by atoms with E-state index in [-0.39, 0.29) is 18.5 Å². The molecule has 18 heavy (non-hydrogen) atoms. The van der Waals surface area contributed by atoms with Crippen LogP contribution in [-0.2, 0) is 4.74 Å². The van der Waals surface area contributed by atoms with E-state index in [1.54, 1.807) is 6.07 Å². The van der Waals surface area contributed by atoms with Gasteiger partial charge in [-0.2, -0.15) is 0 Å². The van der Waals surface area contributed by atoms with Crippen molar-refractivity contribution >= 4 is 11.5 Å². The van der Waals surface area contributed by atoms with Crippen LogP contribution in [-0.4, -0.2) is 43.3 Å². The summed E-state index contributed by atoms with van der Waals surface area (Å²) in [6.45, 7) is 1.46. The third-order valence-electron chi connectivity index (χ3n) is 3.00. The van der Waals surface area contributed by atoms with Gasteiger partial charge >= 0.3 is 0 Å². The topological polar surface area (TPSA) is 82.6 Å². The van der Waals surface area contributed by atoms with Crippen molar-refractivity contribution in [1.29, 1.82) is 5.41 Å². The molecule has 1 saturated heterocycles. The average Bonchev–Trinajstić information content (AvgIpc) is 2.38. The maximum atomic E-state index is 13.2. The zero-order valence-corrected chi connectivity index (χ0v) is 9.90. The normalized spacial score (nSPS) is 19.9. The maximum Gasteiger partial charge on any atom is 0.125 e. The Labute approximate surface area is 104 Å². The Morgan fingerprint density at radius 2 is 2.39 bits per heavy atom. The van der Waals surface area contributed by atoms with E-state index in [4.69, 9.17) is 15.9 Å². The number of hydrogen-bond acceptors (Lipinski definition) is 4. The molecule has 2 rings (SSSR count). The van der Waals surface area contributed by atoms with Crippen LogP contribution >= 0.6 is 0 Å². The van der Waals surface area contributed by atoms with Crippen molar-refractivity contribution in [3.8, 4) is 0 Å². The Bertz CT molecular complexity index is 453. The Balaban J connectivity index is 2.39. The molecule has 0 aromatic heterocycles. The Kier molecular flexibility index (Phi) is 3.78. The summed E-state index contributed by atoms with van der Waals surface area (Å²) in [6, 6.07) is 3.95. The minimum atomic E-state index is -0.433. The first kappa shape index (κ1) is 12.8. The van der Waals surface area contributed by atoms with Crippen molar-refractivity contribution < 1.29 is 14.2 Å². The lowest BCUT2D eigenvalue weighted by atomic mass is 10.1. The largest absolute Gasteiger partial charge is 0.394 e. The fraction of sp³-hybridized carbons (Fsp3) is 0.417. The summed E-state index contributed by atoms with van der Waals surface area (Å²) in [5.41, 5.74) is 6.47. The van der Waals surface area contributed by atoms with Crippen LogP contribution in [0, 0.1) is 11.2 Å². The summed E-state index contributed by atoms with van der Waals surface area (Å²) in [6.07, 6.45) is 0. The van der Waals surface area contributed by atoms with E-state index in [1.807, 2.05) is 4.90 Å². The summed E-state index contributed by atoms with van der Waals surface area (Å²) in [7, 11) is 0. The SMILES string of the molecule is N=C(N)c1cc(F)ccc1N1CCOCC1CO. The van der Waals surface area contributed by atoms with Crippen molar-refractivity contribution in [3.05, 3.63) is 29.6 Å². The third-order valence-corrected chi connectivity index (χ3v) is 3.00. The number of nitrogens with two attached hydrogens (primary N) is 1. The summed E-state index contributed by atoms with van der Waals surface area (Å²) in [4.78, 5) is 1.90. The number of hydrogen-bond donors (Lipinski definition) is 3. The molecule has 1 aliphatic heterocycles. The van der Waals surface area contributed by atoms with Gasteiger partial charge in [0, 0.05) is 17.8 Å². The van der Waals surface area contributed by atoms with Gasteiger partial charge in [0.1, 0.15) is 11.7 Å². The maximum absolute atomic E-state index is 13.2. The molecule has 6 heteroatoms. The first-order valence-electron chi connectivity index (χ1n) is 5.72. The van der Waals surface area contributed by atoms with Gasteiger partial charge in [-0.1, -0.05) is 0 Å². The number of aliphatic hydroxyl groups excluding tert-OH is 1. The minimum Gasteiger partial charge on any atom is -0.394 e. The number of rotatable bonds is 3. The molecular formula is C12H16FN3O2. The van der Waals surface area contributed by atoms with E-state index in [0.29, 0.717) is 31.0 Å². The van der Waals surface area contributed by atoms with Gasteiger partial charge in [-0.3, -0.25) is 5.41 Å². The molecule has 0 aliphatic carbocycles. The van der Waals surface area contributed by atoms with Gasteiger partial charge in [-0.25, -0.2) is 4.39 Å². The number of morpholine rings is 1. The van der Waals surface area contributed by atoms with Gasteiger partial charge in [0.25, 0.3) is 0 Å². The van der Waals surface area contributed by atoms with Crippen LogP contribution in [0.3, 0.4) is 0 Å². The number of benzene rings is 1. The smallest absolute Gasteiger partial charge is 0.125 e. The number of nitrogens with one attached hydrogen (secondary N) is 1. The van der Waals surface area contributed by atoms with Crippen molar-refractivity contribution in [3.63, 3.8) is 0 Å². The third kappa shape index (κ3) is 2.44. The van der Waals surface area contributed by atoms with Crippen LogP contribution in [0.5, 0.6) is 0 Å². The number of nitrogen functional groups attached to an aromatic ring is 1. The Hall–Kier alpha value is -1.66. The molecule has 98 valence electrons. The Morgan fingerprint density at radius 1 is 1.61 bits per heavy atom. The van der Waals surface area contributed by atoms with Crippen LogP contribution in [0.25, 0.3) is 0 Å². The molecular weight excluding hydrogens is 237 g/mol. The van der Waals surface area contributed by atoms with Crippen molar-refractivity contribution in [2.45, 2.75) is 6.04 Å². The van der Waals surface area contributed by atoms with Gasteiger partial charge in [0.15, 0.2) is 0 Å². The molecule has 0 amide bonds. The van der Waals surface area contributed by atoms with Gasteiger partial charge in [-0.05, 0) is 18.2 Å². The fourth-order valence-electron chi connectivity index (χ4n) is 2.10. The first-order chi connectivity index (χ1) is 8.63. The molecule has 1 unspecified atom stereocenters.